The number of hydrogen-bond acceptors (Lipinski definition) is 4. The molecule has 2 aliphatic rings. The summed E-state index contributed by atoms with van der Waals surface area (Å²) >= 11 is 6.02. The number of aromatic nitrogens is 1. The Kier molecular flexibility index (Phi) is 4.15. The van der Waals surface area contributed by atoms with E-state index in [0.29, 0.717) is 5.02 Å². The van der Waals surface area contributed by atoms with Crippen LogP contribution in [0.1, 0.15) is 24.8 Å². The standard InChI is InChI=1S/C15H22ClN3O/c1-18-5-2-3-11-9-19(6-4-14(11)18)15-7-12(10-20)13(16)8-17-15/h7-8,11,14,20H,2-6,9-10H2,1H3. The molecule has 0 saturated carbocycles. The Labute approximate surface area is 125 Å². The fraction of sp³-hybridized carbons (Fsp3) is 0.667. The zero-order valence-electron chi connectivity index (χ0n) is 11.9. The Morgan fingerprint density at radius 1 is 1.40 bits per heavy atom. The van der Waals surface area contributed by atoms with Gasteiger partial charge in [0.05, 0.1) is 11.6 Å². The van der Waals surface area contributed by atoms with Crippen molar-refractivity contribution in [1.29, 1.82) is 0 Å². The van der Waals surface area contributed by atoms with Crippen molar-refractivity contribution < 1.29 is 5.11 Å². The molecule has 1 aromatic heterocycles. The molecule has 3 heterocycles. The third-order valence-electron chi connectivity index (χ3n) is 4.76. The molecule has 4 nitrogen and oxygen atoms in total. The second-order valence-corrected chi connectivity index (χ2v) is 6.38. The van der Waals surface area contributed by atoms with Gasteiger partial charge in [0.15, 0.2) is 0 Å². The van der Waals surface area contributed by atoms with Crippen LogP contribution in [0.4, 0.5) is 5.82 Å². The normalized spacial score (nSPS) is 27.4. The van der Waals surface area contributed by atoms with Crippen molar-refractivity contribution in [2.24, 2.45) is 5.92 Å². The first-order valence-corrected chi connectivity index (χ1v) is 7.77. The molecule has 0 radical (unpaired) electrons. The zero-order chi connectivity index (χ0) is 14.1. The molecule has 1 aromatic rings. The molecule has 110 valence electrons. The van der Waals surface area contributed by atoms with Gasteiger partial charge in [-0.25, -0.2) is 4.98 Å². The summed E-state index contributed by atoms with van der Waals surface area (Å²) in [6.45, 7) is 3.30. The maximum Gasteiger partial charge on any atom is 0.128 e. The molecule has 2 atom stereocenters. The van der Waals surface area contributed by atoms with Gasteiger partial charge in [-0.2, -0.15) is 0 Å². The van der Waals surface area contributed by atoms with Crippen molar-refractivity contribution in [2.45, 2.75) is 31.9 Å². The summed E-state index contributed by atoms with van der Waals surface area (Å²) in [7, 11) is 2.25. The van der Waals surface area contributed by atoms with E-state index in [-0.39, 0.29) is 6.61 Å². The Hall–Kier alpha value is -0.840. The summed E-state index contributed by atoms with van der Waals surface area (Å²) in [6, 6.07) is 2.65. The summed E-state index contributed by atoms with van der Waals surface area (Å²) in [4.78, 5) is 9.29. The van der Waals surface area contributed by atoms with E-state index in [9.17, 15) is 5.11 Å². The van der Waals surface area contributed by atoms with Gasteiger partial charge < -0.3 is 14.9 Å². The molecule has 0 spiro atoms. The number of piperidine rings is 2. The summed E-state index contributed by atoms with van der Waals surface area (Å²) in [5.74, 6) is 1.68. The number of rotatable bonds is 2. The first-order valence-electron chi connectivity index (χ1n) is 7.39. The topological polar surface area (TPSA) is 39.6 Å². The molecule has 5 heteroatoms. The van der Waals surface area contributed by atoms with Crippen LogP contribution in [0.15, 0.2) is 12.3 Å². The van der Waals surface area contributed by atoms with Crippen LogP contribution in [0.3, 0.4) is 0 Å². The maximum absolute atomic E-state index is 9.33. The summed E-state index contributed by atoms with van der Waals surface area (Å²) in [5, 5.41) is 9.87. The average molecular weight is 296 g/mol. The van der Waals surface area contributed by atoms with Crippen molar-refractivity contribution in [3.63, 3.8) is 0 Å². The predicted molar refractivity (Wildman–Crippen MR) is 81.1 cm³/mol. The van der Waals surface area contributed by atoms with Gasteiger partial charge >= 0.3 is 0 Å². The van der Waals surface area contributed by atoms with Crippen LogP contribution in [0.5, 0.6) is 0 Å². The molecule has 20 heavy (non-hydrogen) atoms. The predicted octanol–water partition coefficient (Wildman–Crippen LogP) is 2.15. The number of likely N-dealkylation sites (tertiary alicyclic amines) is 1. The van der Waals surface area contributed by atoms with Crippen LogP contribution in [-0.2, 0) is 6.61 Å². The minimum Gasteiger partial charge on any atom is -0.392 e. The van der Waals surface area contributed by atoms with Gasteiger partial charge in [-0.05, 0) is 44.8 Å². The minimum absolute atomic E-state index is 0.0308. The van der Waals surface area contributed by atoms with Gasteiger partial charge in [0.2, 0.25) is 0 Å². The van der Waals surface area contributed by atoms with E-state index >= 15 is 0 Å². The lowest BCUT2D eigenvalue weighted by Gasteiger charge is -2.46. The van der Waals surface area contributed by atoms with Crippen LogP contribution in [-0.4, -0.2) is 47.7 Å². The van der Waals surface area contributed by atoms with E-state index < -0.39 is 0 Å². The highest BCUT2D eigenvalue weighted by atomic mass is 35.5. The number of pyridine rings is 1. The van der Waals surface area contributed by atoms with Crippen LogP contribution in [0.25, 0.3) is 0 Å². The molecule has 0 aromatic carbocycles. The molecule has 2 saturated heterocycles. The fourth-order valence-corrected chi connectivity index (χ4v) is 3.79. The van der Waals surface area contributed by atoms with E-state index in [0.717, 1.165) is 36.4 Å². The van der Waals surface area contributed by atoms with Gasteiger partial charge in [-0.3, -0.25) is 0 Å². The highest BCUT2D eigenvalue weighted by Gasteiger charge is 2.34. The van der Waals surface area contributed by atoms with Crippen LogP contribution in [0, 0.1) is 5.92 Å². The molecule has 0 aliphatic carbocycles. The van der Waals surface area contributed by atoms with Crippen molar-refractivity contribution in [3.05, 3.63) is 22.8 Å². The Morgan fingerprint density at radius 2 is 2.25 bits per heavy atom. The first-order chi connectivity index (χ1) is 9.69. The lowest BCUT2D eigenvalue weighted by molar-refractivity contribution is 0.102. The number of fused-ring (bicyclic) bond motifs is 1. The summed E-state index contributed by atoms with van der Waals surface area (Å²) in [5.41, 5.74) is 0.763. The van der Waals surface area contributed by atoms with Gasteiger partial charge in [0.1, 0.15) is 5.82 Å². The second-order valence-electron chi connectivity index (χ2n) is 5.98. The Morgan fingerprint density at radius 3 is 3.05 bits per heavy atom. The smallest absolute Gasteiger partial charge is 0.128 e. The zero-order valence-corrected chi connectivity index (χ0v) is 12.7. The lowest BCUT2D eigenvalue weighted by Crippen LogP contribution is -2.52. The SMILES string of the molecule is CN1CCCC2CN(c3cc(CO)c(Cl)cn3)CCC21. The number of aliphatic hydroxyl groups is 1. The Balaban J connectivity index is 1.76. The molecular formula is C15H22ClN3O. The number of nitrogens with zero attached hydrogens (tertiary/aromatic N) is 3. The first kappa shape index (κ1) is 14.1. The minimum atomic E-state index is -0.0308. The molecule has 1 N–H and O–H groups in total. The second kappa shape index (κ2) is 5.88. The van der Waals surface area contributed by atoms with Gasteiger partial charge in [0.25, 0.3) is 0 Å². The number of halogens is 1. The van der Waals surface area contributed by atoms with E-state index in [1.54, 1.807) is 6.20 Å². The van der Waals surface area contributed by atoms with Crippen LogP contribution >= 0.6 is 11.6 Å². The quantitative estimate of drug-likeness (QED) is 0.907. The molecule has 0 amide bonds. The van der Waals surface area contributed by atoms with Crippen LogP contribution in [0.2, 0.25) is 5.02 Å². The van der Waals surface area contributed by atoms with Crippen molar-refractivity contribution >= 4 is 17.4 Å². The number of anilines is 1. The van der Waals surface area contributed by atoms with E-state index in [2.05, 4.69) is 21.8 Å². The number of hydrogen-bond donors (Lipinski definition) is 1. The van der Waals surface area contributed by atoms with Gasteiger partial charge in [0, 0.05) is 30.9 Å². The molecule has 0 bridgehead atoms. The summed E-state index contributed by atoms with van der Waals surface area (Å²) < 4.78 is 0. The lowest BCUT2D eigenvalue weighted by atomic mass is 9.84. The fourth-order valence-electron chi connectivity index (χ4n) is 3.62. The Bertz CT molecular complexity index is 482. The van der Waals surface area contributed by atoms with E-state index in [4.69, 9.17) is 11.6 Å². The number of aliphatic hydroxyl groups excluding tert-OH is 1. The van der Waals surface area contributed by atoms with Gasteiger partial charge in [-0.15, -0.1) is 0 Å². The molecule has 2 unspecified atom stereocenters. The van der Waals surface area contributed by atoms with Crippen molar-refractivity contribution in [3.8, 4) is 0 Å². The largest absolute Gasteiger partial charge is 0.392 e. The average Bonchev–Trinajstić information content (AvgIpc) is 2.47. The highest BCUT2D eigenvalue weighted by molar-refractivity contribution is 6.31. The summed E-state index contributed by atoms with van der Waals surface area (Å²) in [6.07, 6.45) is 5.45. The van der Waals surface area contributed by atoms with Crippen LogP contribution < -0.4 is 4.90 Å². The van der Waals surface area contributed by atoms with Crippen molar-refractivity contribution in [1.82, 2.24) is 9.88 Å². The van der Waals surface area contributed by atoms with Gasteiger partial charge in [-0.1, -0.05) is 11.6 Å². The molecule has 2 aliphatic heterocycles. The van der Waals surface area contributed by atoms with E-state index in [1.807, 2.05) is 6.07 Å². The van der Waals surface area contributed by atoms with Crippen molar-refractivity contribution in [2.75, 3.05) is 31.6 Å². The molecule has 3 rings (SSSR count). The third-order valence-corrected chi connectivity index (χ3v) is 5.10. The highest BCUT2D eigenvalue weighted by Crippen LogP contribution is 2.32. The maximum atomic E-state index is 9.33. The molecule has 2 fully saturated rings. The monoisotopic (exact) mass is 295 g/mol. The third kappa shape index (κ3) is 2.65. The molecular weight excluding hydrogens is 274 g/mol. The van der Waals surface area contributed by atoms with E-state index in [1.165, 1.54) is 25.8 Å².